The van der Waals surface area contributed by atoms with Crippen molar-refractivity contribution in [3.63, 3.8) is 0 Å². The number of hydrogen-bond acceptors (Lipinski definition) is 4. The van der Waals surface area contributed by atoms with Crippen LogP contribution < -0.4 is 15.0 Å². The Kier molecular flexibility index (Phi) is 4.84. The van der Waals surface area contributed by atoms with Crippen molar-refractivity contribution in [3.05, 3.63) is 81.9 Å². The number of nitrogens with zero attached hydrogens (tertiary/aromatic N) is 3. The molecule has 2 aromatic heterocycles. The van der Waals surface area contributed by atoms with E-state index in [0.29, 0.717) is 29.3 Å². The summed E-state index contributed by atoms with van der Waals surface area (Å²) in [5.74, 6) is 1.27. The molecule has 0 unspecified atom stereocenters. The summed E-state index contributed by atoms with van der Waals surface area (Å²) in [7, 11) is 3.19. The second kappa shape index (κ2) is 7.47. The van der Waals surface area contributed by atoms with Crippen molar-refractivity contribution < 1.29 is 9.47 Å². The number of fused-ring (bicyclic) bond motifs is 1. The van der Waals surface area contributed by atoms with Crippen molar-refractivity contribution in [2.75, 3.05) is 14.2 Å². The standard InChI is InChI=1S/C23H23N3O3/c1-15-5-6-16(2)18(11-15)14-25-9-10-26-20(23(25)27)13-19(24-26)17-7-8-21(28-3)22(12-17)29-4/h5-13H,14H2,1-4H3. The number of aromatic nitrogens is 3. The number of ether oxygens (including phenoxy) is 2. The highest BCUT2D eigenvalue weighted by molar-refractivity contribution is 5.68. The Bertz CT molecular complexity index is 1250. The molecule has 0 atom stereocenters. The summed E-state index contributed by atoms with van der Waals surface area (Å²) in [5, 5.41) is 4.56. The molecule has 2 aromatic carbocycles. The fourth-order valence-electron chi connectivity index (χ4n) is 3.44. The van der Waals surface area contributed by atoms with Gasteiger partial charge in [0.2, 0.25) is 0 Å². The van der Waals surface area contributed by atoms with Crippen LogP contribution in [-0.2, 0) is 6.54 Å². The van der Waals surface area contributed by atoms with Crippen LogP contribution in [0.5, 0.6) is 11.5 Å². The largest absolute Gasteiger partial charge is 0.493 e. The maximum atomic E-state index is 13.1. The van der Waals surface area contributed by atoms with Crippen LogP contribution in [0, 0.1) is 13.8 Å². The Morgan fingerprint density at radius 3 is 2.48 bits per heavy atom. The molecule has 4 rings (SSSR count). The van der Waals surface area contributed by atoms with Gasteiger partial charge in [-0.3, -0.25) is 4.79 Å². The van der Waals surface area contributed by atoms with Crippen LogP contribution in [0.25, 0.3) is 16.8 Å². The smallest absolute Gasteiger partial charge is 0.276 e. The van der Waals surface area contributed by atoms with Crippen LogP contribution in [0.2, 0.25) is 0 Å². The van der Waals surface area contributed by atoms with Crippen molar-refractivity contribution in [1.29, 1.82) is 0 Å². The summed E-state index contributed by atoms with van der Waals surface area (Å²) in [4.78, 5) is 13.1. The fraction of sp³-hybridized carbons (Fsp3) is 0.217. The molecule has 0 fully saturated rings. The molecule has 0 aliphatic heterocycles. The van der Waals surface area contributed by atoms with E-state index in [0.717, 1.165) is 11.1 Å². The summed E-state index contributed by atoms with van der Waals surface area (Å²) in [6, 6.07) is 13.7. The lowest BCUT2D eigenvalue weighted by molar-refractivity contribution is 0.355. The van der Waals surface area contributed by atoms with Gasteiger partial charge in [0.1, 0.15) is 5.52 Å². The highest BCUT2D eigenvalue weighted by Gasteiger charge is 2.12. The molecule has 0 saturated carbocycles. The van der Waals surface area contributed by atoms with Gasteiger partial charge in [0.25, 0.3) is 5.56 Å². The molecule has 4 aromatic rings. The van der Waals surface area contributed by atoms with Crippen LogP contribution in [0.15, 0.2) is 59.7 Å². The summed E-state index contributed by atoms with van der Waals surface area (Å²) >= 11 is 0. The second-order valence-electron chi connectivity index (χ2n) is 7.09. The molecule has 6 nitrogen and oxygen atoms in total. The molecule has 6 heteroatoms. The fourth-order valence-corrected chi connectivity index (χ4v) is 3.44. The van der Waals surface area contributed by atoms with E-state index in [-0.39, 0.29) is 5.56 Å². The van der Waals surface area contributed by atoms with E-state index < -0.39 is 0 Å². The summed E-state index contributed by atoms with van der Waals surface area (Å²) in [6.45, 7) is 4.65. The predicted octanol–water partition coefficient (Wildman–Crippen LogP) is 3.85. The van der Waals surface area contributed by atoms with E-state index in [2.05, 4.69) is 37.1 Å². The lowest BCUT2D eigenvalue weighted by Crippen LogP contribution is -2.22. The van der Waals surface area contributed by atoms with E-state index in [1.165, 1.54) is 11.1 Å². The molecule has 29 heavy (non-hydrogen) atoms. The molecule has 0 saturated heterocycles. The highest BCUT2D eigenvalue weighted by atomic mass is 16.5. The van der Waals surface area contributed by atoms with Crippen molar-refractivity contribution in [1.82, 2.24) is 14.2 Å². The Morgan fingerprint density at radius 2 is 1.72 bits per heavy atom. The third-order valence-corrected chi connectivity index (χ3v) is 5.13. The Balaban J connectivity index is 1.75. The lowest BCUT2D eigenvalue weighted by atomic mass is 10.1. The lowest BCUT2D eigenvalue weighted by Gasteiger charge is -2.10. The normalized spacial score (nSPS) is 11.0. The van der Waals surface area contributed by atoms with Gasteiger partial charge in [-0.15, -0.1) is 0 Å². The highest BCUT2D eigenvalue weighted by Crippen LogP contribution is 2.31. The second-order valence-corrected chi connectivity index (χ2v) is 7.09. The van der Waals surface area contributed by atoms with E-state index in [4.69, 9.17) is 9.47 Å². The van der Waals surface area contributed by atoms with Crippen molar-refractivity contribution >= 4 is 5.52 Å². The first-order chi connectivity index (χ1) is 14.0. The third kappa shape index (κ3) is 3.49. The molecule has 0 amide bonds. The van der Waals surface area contributed by atoms with Gasteiger partial charge in [0.15, 0.2) is 11.5 Å². The van der Waals surface area contributed by atoms with E-state index in [1.807, 2.05) is 30.5 Å². The zero-order valence-electron chi connectivity index (χ0n) is 17.0. The topological polar surface area (TPSA) is 57.8 Å². The Morgan fingerprint density at radius 1 is 0.931 bits per heavy atom. The summed E-state index contributed by atoms with van der Waals surface area (Å²) in [5.41, 5.74) is 5.49. The molecule has 0 aliphatic carbocycles. The molecule has 0 spiro atoms. The summed E-state index contributed by atoms with van der Waals surface area (Å²) in [6.07, 6.45) is 3.59. The number of rotatable bonds is 5. The molecular weight excluding hydrogens is 366 g/mol. The minimum absolute atomic E-state index is 0.0763. The first-order valence-corrected chi connectivity index (χ1v) is 9.37. The minimum Gasteiger partial charge on any atom is -0.493 e. The van der Waals surface area contributed by atoms with Gasteiger partial charge in [-0.2, -0.15) is 5.10 Å². The summed E-state index contributed by atoms with van der Waals surface area (Å²) < 4.78 is 14.0. The minimum atomic E-state index is -0.0763. The van der Waals surface area contributed by atoms with E-state index >= 15 is 0 Å². The number of benzene rings is 2. The third-order valence-electron chi connectivity index (χ3n) is 5.13. The average molecular weight is 389 g/mol. The van der Waals surface area contributed by atoms with Crippen molar-refractivity contribution in [3.8, 4) is 22.8 Å². The van der Waals surface area contributed by atoms with Gasteiger partial charge in [-0.25, -0.2) is 4.52 Å². The predicted molar refractivity (Wildman–Crippen MR) is 113 cm³/mol. The Hall–Kier alpha value is -3.54. The van der Waals surface area contributed by atoms with Crippen LogP contribution in [0.4, 0.5) is 0 Å². The molecule has 2 heterocycles. The van der Waals surface area contributed by atoms with Gasteiger partial charge < -0.3 is 14.0 Å². The molecule has 0 radical (unpaired) electrons. The SMILES string of the molecule is COc1ccc(-c2cc3c(=O)n(Cc4cc(C)ccc4C)ccn3n2)cc1OC. The number of hydrogen-bond donors (Lipinski definition) is 0. The average Bonchev–Trinajstić information content (AvgIpc) is 3.17. The first-order valence-electron chi connectivity index (χ1n) is 9.37. The van der Waals surface area contributed by atoms with Crippen LogP contribution in [0.1, 0.15) is 16.7 Å². The molecule has 0 N–H and O–H groups in total. The zero-order chi connectivity index (χ0) is 20.5. The van der Waals surface area contributed by atoms with E-state index in [9.17, 15) is 4.79 Å². The molecule has 0 bridgehead atoms. The van der Waals surface area contributed by atoms with Gasteiger partial charge in [0, 0.05) is 18.0 Å². The molecular formula is C23H23N3O3. The molecule has 0 aliphatic rings. The van der Waals surface area contributed by atoms with Crippen molar-refractivity contribution in [2.45, 2.75) is 20.4 Å². The van der Waals surface area contributed by atoms with Crippen LogP contribution in [-0.4, -0.2) is 28.4 Å². The maximum absolute atomic E-state index is 13.1. The quantitative estimate of drug-likeness (QED) is 0.520. The molecule has 148 valence electrons. The van der Waals surface area contributed by atoms with Crippen LogP contribution >= 0.6 is 0 Å². The number of aryl methyl sites for hydroxylation is 2. The first kappa shape index (κ1) is 18.8. The van der Waals surface area contributed by atoms with Gasteiger partial charge in [-0.05, 0) is 49.2 Å². The van der Waals surface area contributed by atoms with Crippen molar-refractivity contribution in [2.24, 2.45) is 0 Å². The van der Waals surface area contributed by atoms with Gasteiger partial charge in [0.05, 0.1) is 26.5 Å². The maximum Gasteiger partial charge on any atom is 0.276 e. The number of methoxy groups -OCH3 is 2. The Labute approximate surface area is 168 Å². The van der Waals surface area contributed by atoms with Gasteiger partial charge in [-0.1, -0.05) is 23.8 Å². The monoisotopic (exact) mass is 389 g/mol. The van der Waals surface area contributed by atoms with Crippen LogP contribution in [0.3, 0.4) is 0 Å². The van der Waals surface area contributed by atoms with E-state index in [1.54, 1.807) is 29.5 Å². The van der Waals surface area contributed by atoms with Gasteiger partial charge >= 0.3 is 0 Å². The zero-order valence-corrected chi connectivity index (χ0v) is 17.0.